The number of aliphatic carboxylic acids is 1. The SMILES string of the molecule is Cc1cc(N2CCOCC2CC(=O)O)ccc1Br. The van der Waals surface area contributed by atoms with Gasteiger partial charge < -0.3 is 14.7 Å². The quantitative estimate of drug-likeness (QED) is 0.931. The van der Waals surface area contributed by atoms with Gasteiger partial charge in [-0.15, -0.1) is 0 Å². The summed E-state index contributed by atoms with van der Waals surface area (Å²) in [5.41, 5.74) is 2.21. The Hall–Kier alpha value is -1.07. The van der Waals surface area contributed by atoms with Crippen molar-refractivity contribution in [1.29, 1.82) is 0 Å². The predicted molar refractivity (Wildman–Crippen MR) is 73.1 cm³/mol. The normalized spacial score (nSPS) is 19.9. The molecule has 0 radical (unpaired) electrons. The molecule has 1 heterocycles. The summed E-state index contributed by atoms with van der Waals surface area (Å²) in [4.78, 5) is 13.0. The second-order valence-corrected chi connectivity index (χ2v) is 5.31. The average Bonchev–Trinajstić information content (AvgIpc) is 2.33. The lowest BCUT2D eigenvalue weighted by molar-refractivity contribution is -0.138. The first-order valence-electron chi connectivity index (χ1n) is 5.90. The Bertz CT molecular complexity index is 450. The summed E-state index contributed by atoms with van der Waals surface area (Å²) in [6.45, 7) is 3.88. The molecule has 1 unspecified atom stereocenters. The van der Waals surface area contributed by atoms with Crippen LogP contribution in [-0.2, 0) is 9.53 Å². The van der Waals surface area contributed by atoms with Gasteiger partial charge in [0.05, 0.1) is 25.7 Å². The highest BCUT2D eigenvalue weighted by Gasteiger charge is 2.25. The van der Waals surface area contributed by atoms with Gasteiger partial charge in [-0.2, -0.15) is 0 Å². The fourth-order valence-electron chi connectivity index (χ4n) is 2.17. The number of benzene rings is 1. The number of hydrogen-bond acceptors (Lipinski definition) is 3. The molecule has 0 saturated carbocycles. The van der Waals surface area contributed by atoms with E-state index in [-0.39, 0.29) is 12.5 Å². The number of nitrogens with zero attached hydrogens (tertiary/aromatic N) is 1. The van der Waals surface area contributed by atoms with Crippen LogP contribution in [0, 0.1) is 6.92 Å². The fraction of sp³-hybridized carbons (Fsp3) is 0.462. The molecule has 98 valence electrons. The van der Waals surface area contributed by atoms with E-state index in [9.17, 15) is 4.79 Å². The summed E-state index contributed by atoms with van der Waals surface area (Å²) in [5.74, 6) is -0.788. The van der Waals surface area contributed by atoms with Crippen LogP contribution in [0.5, 0.6) is 0 Å². The molecule has 1 N–H and O–H groups in total. The largest absolute Gasteiger partial charge is 0.481 e. The van der Waals surface area contributed by atoms with Crippen molar-refractivity contribution >= 4 is 27.6 Å². The predicted octanol–water partition coefficient (Wildman–Crippen LogP) is 2.44. The molecule has 0 aromatic heterocycles. The van der Waals surface area contributed by atoms with E-state index in [1.165, 1.54) is 0 Å². The highest BCUT2D eigenvalue weighted by Crippen LogP contribution is 2.26. The standard InChI is InChI=1S/C13H16BrNO3/c1-9-6-10(2-3-12(9)14)15-4-5-18-8-11(15)7-13(16)17/h2-3,6,11H,4-5,7-8H2,1H3,(H,16,17). The zero-order valence-corrected chi connectivity index (χ0v) is 11.8. The third-order valence-electron chi connectivity index (χ3n) is 3.11. The Kier molecular flexibility index (Phi) is 4.24. The molecule has 0 amide bonds. The molecule has 1 aliphatic rings. The van der Waals surface area contributed by atoms with Crippen LogP contribution >= 0.6 is 15.9 Å². The summed E-state index contributed by atoms with van der Waals surface area (Å²) in [6.07, 6.45) is 0.106. The first-order chi connectivity index (χ1) is 8.58. The molecule has 18 heavy (non-hydrogen) atoms. The maximum absolute atomic E-state index is 10.9. The van der Waals surface area contributed by atoms with Crippen molar-refractivity contribution in [2.45, 2.75) is 19.4 Å². The van der Waals surface area contributed by atoms with Crippen molar-refractivity contribution in [3.8, 4) is 0 Å². The number of ether oxygens (including phenoxy) is 1. The van der Waals surface area contributed by atoms with Crippen LogP contribution in [0.2, 0.25) is 0 Å². The van der Waals surface area contributed by atoms with Gasteiger partial charge in [-0.05, 0) is 30.7 Å². The summed E-state index contributed by atoms with van der Waals surface area (Å²) < 4.78 is 6.44. The number of anilines is 1. The van der Waals surface area contributed by atoms with E-state index in [0.29, 0.717) is 13.2 Å². The highest BCUT2D eigenvalue weighted by molar-refractivity contribution is 9.10. The summed E-state index contributed by atoms with van der Waals surface area (Å²) >= 11 is 3.47. The van der Waals surface area contributed by atoms with Crippen molar-refractivity contribution < 1.29 is 14.6 Å². The lowest BCUT2D eigenvalue weighted by Gasteiger charge is -2.36. The van der Waals surface area contributed by atoms with Gasteiger partial charge in [0.25, 0.3) is 0 Å². The third-order valence-corrected chi connectivity index (χ3v) is 4.00. The number of halogens is 1. The molecule has 1 saturated heterocycles. The van der Waals surface area contributed by atoms with Crippen molar-refractivity contribution in [3.05, 3.63) is 28.2 Å². The summed E-state index contributed by atoms with van der Waals surface area (Å²) in [5, 5.41) is 8.94. The van der Waals surface area contributed by atoms with Gasteiger partial charge in [0.2, 0.25) is 0 Å². The molecule has 1 atom stereocenters. The van der Waals surface area contributed by atoms with Crippen LogP contribution in [0.25, 0.3) is 0 Å². The van der Waals surface area contributed by atoms with Gasteiger partial charge >= 0.3 is 5.97 Å². The average molecular weight is 314 g/mol. The van der Waals surface area contributed by atoms with Crippen molar-refractivity contribution in [3.63, 3.8) is 0 Å². The number of morpholine rings is 1. The Morgan fingerprint density at radius 2 is 2.39 bits per heavy atom. The van der Waals surface area contributed by atoms with E-state index in [2.05, 4.69) is 26.9 Å². The van der Waals surface area contributed by atoms with E-state index < -0.39 is 5.97 Å². The van der Waals surface area contributed by atoms with Crippen molar-refractivity contribution in [2.75, 3.05) is 24.7 Å². The topological polar surface area (TPSA) is 49.8 Å². The smallest absolute Gasteiger partial charge is 0.305 e. The minimum absolute atomic E-state index is 0.0863. The molecule has 1 aliphatic heterocycles. The maximum Gasteiger partial charge on any atom is 0.305 e. The lowest BCUT2D eigenvalue weighted by Crippen LogP contribution is -2.46. The second-order valence-electron chi connectivity index (χ2n) is 4.45. The number of carbonyl (C=O) groups is 1. The van der Waals surface area contributed by atoms with Gasteiger partial charge in [0.1, 0.15) is 0 Å². The Morgan fingerprint density at radius 3 is 3.06 bits per heavy atom. The molecule has 5 heteroatoms. The second kappa shape index (κ2) is 5.71. The Labute approximate surface area is 115 Å². The number of hydrogen-bond donors (Lipinski definition) is 1. The molecule has 4 nitrogen and oxygen atoms in total. The minimum atomic E-state index is -0.788. The Morgan fingerprint density at radius 1 is 1.61 bits per heavy atom. The monoisotopic (exact) mass is 313 g/mol. The minimum Gasteiger partial charge on any atom is -0.481 e. The zero-order valence-electron chi connectivity index (χ0n) is 10.2. The van der Waals surface area contributed by atoms with Crippen LogP contribution < -0.4 is 4.90 Å². The van der Waals surface area contributed by atoms with Crippen molar-refractivity contribution in [1.82, 2.24) is 0 Å². The Balaban J connectivity index is 2.22. The molecular formula is C13H16BrNO3. The lowest BCUT2D eigenvalue weighted by atomic mass is 10.1. The first kappa shape index (κ1) is 13.4. The molecule has 1 aromatic rings. The van der Waals surface area contributed by atoms with E-state index in [4.69, 9.17) is 9.84 Å². The molecule has 0 spiro atoms. The van der Waals surface area contributed by atoms with Crippen molar-refractivity contribution in [2.24, 2.45) is 0 Å². The van der Waals surface area contributed by atoms with Crippen LogP contribution in [0.15, 0.2) is 22.7 Å². The highest BCUT2D eigenvalue weighted by atomic mass is 79.9. The molecule has 0 aliphatic carbocycles. The molecular weight excluding hydrogens is 298 g/mol. The zero-order chi connectivity index (χ0) is 13.1. The molecule has 2 rings (SSSR count). The van der Waals surface area contributed by atoms with E-state index in [1.807, 2.05) is 19.1 Å². The fourth-order valence-corrected chi connectivity index (χ4v) is 2.42. The molecule has 1 aromatic carbocycles. The van der Waals surface area contributed by atoms with E-state index >= 15 is 0 Å². The molecule has 1 fully saturated rings. The number of aryl methyl sites for hydroxylation is 1. The van der Waals surface area contributed by atoms with Crippen LogP contribution in [0.3, 0.4) is 0 Å². The summed E-state index contributed by atoms with van der Waals surface area (Å²) in [6, 6.07) is 6.00. The van der Waals surface area contributed by atoms with Crippen LogP contribution in [0.1, 0.15) is 12.0 Å². The maximum atomic E-state index is 10.9. The number of rotatable bonds is 3. The number of carboxylic acids is 1. The van der Waals surface area contributed by atoms with Gasteiger partial charge in [-0.3, -0.25) is 4.79 Å². The van der Waals surface area contributed by atoms with Gasteiger partial charge in [-0.25, -0.2) is 0 Å². The molecule has 0 bridgehead atoms. The van der Waals surface area contributed by atoms with Gasteiger partial charge in [-0.1, -0.05) is 15.9 Å². The number of carboxylic acid groups (broad SMARTS) is 1. The summed E-state index contributed by atoms with van der Waals surface area (Å²) in [7, 11) is 0. The van der Waals surface area contributed by atoms with E-state index in [0.717, 1.165) is 22.3 Å². The first-order valence-corrected chi connectivity index (χ1v) is 6.69. The van der Waals surface area contributed by atoms with Gasteiger partial charge in [0, 0.05) is 16.7 Å². The van der Waals surface area contributed by atoms with Crippen LogP contribution in [-0.4, -0.2) is 36.9 Å². The van der Waals surface area contributed by atoms with Crippen LogP contribution in [0.4, 0.5) is 5.69 Å². The third kappa shape index (κ3) is 3.03. The van der Waals surface area contributed by atoms with Gasteiger partial charge in [0.15, 0.2) is 0 Å². The van der Waals surface area contributed by atoms with E-state index in [1.54, 1.807) is 0 Å².